The van der Waals surface area contributed by atoms with Crippen LogP contribution in [0.5, 0.6) is 0 Å². The maximum Gasteiger partial charge on any atom is 0.317 e. The number of amides is 2. The maximum atomic E-state index is 11.6. The molecule has 1 atom stereocenters. The lowest BCUT2D eigenvalue weighted by Crippen LogP contribution is -2.56. The number of carbonyl (C=O) groups excluding carboxylic acids is 1. The number of urea groups is 1. The molecule has 2 N–H and O–H groups in total. The van der Waals surface area contributed by atoms with Crippen LogP contribution in [0.1, 0.15) is 19.8 Å². The molecule has 5 nitrogen and oxygen atoms in total. The predicted molar refractivity (Wildman–Crippen MR) is 58.0 cm³/mol. The number of rotatable bonds is 4. The van der Waals surface area contributed by atoms with Crippen molar-refractivity contribution < 1.29 is 14.7 Å². The third kappa shape index (κ3) is 2.46. The van der Waals surface area contributed by atoms with Crippen molar-refractivity contribution >= 4 is 12.0 Å². The summed E-state index contributed by atoms with van der Waals surface area (Å²) in [6.45, 7) is 3.62. The van der Waals surface area contributed by atoms with Gasteiger partial charge in [0, 0.05) is 25.6 Å². The van der Waals surface area contributed by atoms with E-state index in [1.54, 1.807) is 11.8 Å². The van der Waals surface area contributed by atoms with E-state index < -0.39 is 5.97 Å². The summed E-state index contributed by atoms with van der Waals surface area (Å²) < 4.78 is 0. The molecule has 1 saturated heterocycles. The molecular weight excluding hydrogens is 208 g/mol. The largest absolute Gasteiger partial charge is 0.481 e. The monoisotopic (exact) mass is 226 g/mol. The minimum atomic E-state index is -0.775. The van der Waals surface area contributed by atoms with Crippen LogP contribution in [-0.2, 0) is 4.79 Å². The SMILES string of the molecule is CC(C(=O)O)C1CN(C(=O)NCC2CC2)C1. The van der Waals surface area contributed by atoms with Gasteiger partial charge in [-0.25, -0.2) is 4.79 Å². The van der Waals surface area contributed by atoms with E-state index >= 15 is 0 Å². The quantitative estimate of drug-likeness (QED) is 0.743. The van der Waals surface area contributed by atoms with E-state index in [1.807, 2.05) is 0 Å². The Morgan fingerprint density at radius 2 is 2.06 bits per heavy atom. The van der Waals surface area contributed by atoms with E-state index in [1.165, 1.54) is 12.8 Å². The van der Waals surface area contributed by atoms with Gasteiger partial charge in [-0.3, -0.25) is 4.79 Å². The molecule has 0 aromatic rings. The lowest BCUT2D eigenvalue weighted by Gasteiger charge is -2.41. The average molecular weight is 226 g/mol. The maximum absolute atomic E-state index is 11.6. The number of carboxylic acid groups (broad SMARTS) is 1. The number of carboxylic acids is 1. The third-order valence-electron chi connectivity index (χ3n) is 3.53. The highest BCUT2D eigenvalue weighted by molar-refractivity contribution is 5.76. The van der Waals surface area contributed by atoms with Crippen LogP contribution < -0.4 is 5.32 Å². The first kappa shape index (κ1) is 11.2. The van der Waals surface area contributed by atoms with Gasteiger partial charge >= 0.3 is 12.0 Å². The summed E-state index contributed by atoms with van der Waals surface area (Å²) in [4.78, 5) is 24.0. The lowest BCUT2D eigenvalue weighted by molar-refractivity contribution is -0.144. The molecule has 0 spiro atoms. The molecule has 2 fully saturated rings. The van der Waals surface area contributed by atoms with Crippen molar-refractivity contribution in [2.75, 3.05) is 19.6 Å². The van der Waals surface area contributed by atoms with E-state index in [0.29, 0.717) is 19.0 Å². The fourth-order valence-corrected chi connectivity index (χ4v) is 1.86. The zero-order valence-corrected chi connectivity index (χ0v) is 9.48. The van der Waals surface area contributed by atoms with Crippen molar-refractivity contribution in [3.8, 4) is 0 Å². The fourth-order valence-electron chi connectivity index (χ4n) is 1.86. The first-order valence-corrected chi connectivity index (χ1v) is 5.83. The van der Waals surface area contributed by atoms with E-state index in [-0.39, 0.29) is 17.9 Å². The molecule has 1 aliphatic heterocycles. The van der Waals surface area contributed by atoms with Crippen LogP contribution in [0.25, 0.3) is 0 Å². The molecule has 0 bridgehead atoms. The number of hydrogen-bond donors (Lipinski definition) is 2. The van der Waals surface area contributed by atoms with Crippen LogP contribution in [-0.4, -0.2) is 41.6 Å². The van der Waals surface area contributed by atoms with Gasteiger partial charge < -0.3 is 15.3 Å². The molecule has 90 valence electrons. The molecule has 16 heavy (non-hydrogen) atoms. The summed E-state index contributed by atoms with van der Waals surface area (Å²) in [5.41, 5.74) is 0. The van der Waals surface area contributed by atoms with Gasteiger partial charge in [-0.15, -0.1) is 0 Å². The fraction of sp³-hybridized carbons (Fsp3) is 0.818. The molecule has 5 heteroatoms. The van der Waals surface area contributed by atoms with E-state index in [4.69, 9.17) is 5.11 Å². The summed E-state index contributed by atoms with van der Waals surface area (Å²) in [6, 6.07) is -0.0410. The molecule has 2 rings (SSSR count). The van der Waals surface area contributed by atoms with Crippen molar-refractivity contribution in [3.05, 3.63) is 0 Å². The summed E-state index contributed by atoms with van der Waals surface area (Å²) in [7, 11) is 0. The van der Waals surface area contributed by atoms with E-state index in [0.717, 1.165) is 6.54 Å². The number of likely N-dealkylation sites (tertiary alicyclic amines) is 1. The Kier molecular flexibility index (Phi) is 3.03. The van der Waals surface area contributed by atoms with Gasteiger partial charge in [0.25, 0.3) is 0 Å². The Morgan fingerprint density at radius 3 is 2.56 bits per heavy atom. The standard InChI is InChI=1S/C11H18N2O3/c1-7(10(14)15)9-5-13(6-9)11(16)12-4-8-2-3-8/h7-9H,2-6H2,1H3,(H,12,16)(H,14,15). The van der Waals surface area contributed by atoms with Crippen molar-refractivity contribution in [2.45, 2.75) is 19.8 Å². The highest BCUT2D eigenvalue weighted by Crippen LogP contribution is 2.28. The van der Waals surface area contributed by atoms with Gasteiger partial charge in [-0.2, -0.15) is 0 Å². The first-order valence-electron chi connectivity index (χ1n) is 5.83. The summed E-state index contributed by atoms with van der Waals surface area (Å²) >= 11 is 0. The molecule has 1 unspecified atom stereocenters. The third-order valence-corrected chi connectivity index (χ3v) is 3.53. The molecule has 0 aromatic carbocycles. The molecule has 0 radical (unpaired) electrons. The summed E-state index contributed by atoms with van der Waals surface area (Å²) in [5, 5.41) is 11.7. The van der Waals surface area contributed by atoms with Crippen LogP contribution in [0.4, 0.5) is 4.79 Å². The zero-order valence-electron chi connectivity index (χ0n) is 9.48. The van der Waals surface area contributed by atoms with E-state index in [9.17, 15) is 9.59 Å². The molecule has 1 saturated carbocycles. The van der Waals surface area contributed by atoms with Crippen LogP contribution in [0, 0.1) is 17.8 Å². The molecule has 2 aliphatic rings. The van der Waals surface area contributed by atoms with Gasteiger partial charge in [-0.1, -0.05) is 6.92 Å². The Hall–Kier alpha value is -1.26. The zero-order chi connectivity index (χ0) is 11.7. The van der Waals surface area contributed by atoms with Crippen LogP contribution in [0.3, 0.4) is 0 Å². The second-order valence-corrected chi connectivity index (χ2v) is 4.92. The van der Waals surface area contributed by atoms with Crippen LogP contribution in [0.15, 0.2) is 0 Å². The Bertz CT molecular complexity index is 296. The number of nitrogens with zero attached hydrogens (tertiary/aromatic N) is 1. The first-order chi connectivity index (χ1) is 7.58. The van der Waals surface area contributed by atoms with Gasteiger partial charge in [0.2, 0.25) is 0 Å². The smallest absolute Gasteiger partial charge is 0.317 e. The molecule has 0 aromatic heterocycles. The van der Waals surface area contributed by atoms with Gasteiger partial charge in [-0.05, 0) is 18.8 Å². The summed E-state index contributed by atoms with van der Waals surface area (Å²) in [5.74, 6) is -0.335. The van der Waals surface area contributed by atoms with Crippen LogP contribution in [0.2, 0.25) is 0 Å². The Morgan fingerprint density at radius 1 is 1.44 bits per heavy atom. The second-order valence-electron chi connectivity index (χ2n) is 4.92. The second kappa shape index (κ2) is 4.31. The predicted octanol–water partition coefficient (Wildman–Crippen LogP) is 0.758. The normalized spacial score (nSPS) is 22.4. The highest BCUT2D eigenvalue weighted by Gasteiger charge is 2.37. The molecule has 1 aliphatic carbocycles. The van der Waals surface area contributed by atoms with Crippen molar-refractivity contribution in [1.29, 1.82) is 0 Å². The van der Waals surface area contributed by atoms with Crippen molar-refractivity contribution in [2.24, 2.45) is 17.8 Å². The minimum absolute atomic E-state index is 0.0410. The Balaban J connectivity index is 1.66. The van der Waals surface area contributed by atoms with Gasteiger partial charge in [0.15, 0.2) is 0 Å². The number of aliphatic carboxylic acids is 1. The molecular formula is C11H18N2O3. The minimum Gasteiger partial charge on any atom is -0.481 e. The van der Waals surface area contributed by atoms with Gasteiger partial charge in [0.1, 0.15) is 0 Å². The Labute approximate surface area is 94.8 Å². The molecule has 2 amide bonds. The number of nitrogens with one attached hydrogen (secondary N) is 1. The lowest BCUT2D eigenvalue weighted by atomic mass is 9.87. The van der Waals surface area contributed by atoms with E-state index in [2.05, 4.69) is 5.32 Å². The van der Waals surface area contributed by atoms with Crippen molar-refractivity contribution in [3.63, 3.8) is 0 Å². The van der Waals surface area contributed by atoms with Gasteiger partial charge in [0.05, 0.1) is 5.92 Å². The topological polar surface area (TPSA) is 69.6 Å². The molecule has 1 heterocycles. The van der Waals surface area contributed by atoms with Crippen LogP contribution >= 0.6 is 0 Å². The number of carbonyl (C=O) groups is 2. The number of hydrogen-bond acceptors (Lipinski definition) is 2. The average Bonchev–Trinajstić information content (AvgIpc) is 2.95. The summed E-state index contributed by atoms with van der Waals surface area (Å²) in [6.07, 6.45) is 2.44. The van der Waals surface area contributed by atoms with Crippen molar-refractivity contribution in [1.82, 2.24) is 10.2 Å². The highest BCUT2D eigenvalue weighted by atomic mass is 16.4.